The standard InChI is InChI=1S/C12H14FNO3/c13-8-3-4-10(11(16)6-8)12(17)14-5-1-2-9(14)7-15/h3-4,6,9,15-16H,1-2,5,7H2. The number of aliphatic hydroxyl groups excluding tert-OH is 1. The molecule has 1 aromatic carbocycles. The number of hydrogen-bond donors (Lipinski definition) is 2. The molecule has 0 aromatic heterocycles. The van der Waals surface area contributed by atoms with Crippen molar-refractivity contribution in [3.8, 4) is 5.75 Å². The summed E-state index contributed by atoms with van der Waals surface area (Å²) in [6.07, 6.45) is 1.59. The van der Waals surface area contributed by atoms with Crippen molar-refractivity contribution in [2.45, 2.75) is 18.9 Å². The molecule has 1 aromatic rings. The molecule has 1 unspecified atom stereocenters. The van der Waals surface area contributed by atoms with Gasteiger partial charge in [0.15, 0.2) is 0 Å². The summed E-state index contributed by atoms with van der Waals surface area (Å²) in [6, 6.07) is 3.11. The van der Waals surface area contributed by atoms with E-state index in [-0.39, 0.29) is 29.9 Å². The largest absolute Gasteiger partial charge is 0.507 e. The molecule has 2 N–H and O–H groups in total. The Morgan fingerprint density at radius 3 is 2.94 bits per heavy atom. The Kier molecular flexibility index (Phi) is 3.28. The molecular weight excluding hydrogens is 225 g/mol. The van der Waals surface area contributed by atoms with Gasteiger partial charge < -0.3 is 15.1 Å². The van der Waals surface area contributed by atoms with E-state index in [0.29, 0.717) is 6.54 Å². The lowest BCUT2D eigenvalue weighted by Gasteiger charge is -2.23. The van der Waals surface area contributed by atoms with Gasteiger partial charge >= 0.3 is 0 Å². The van der Waals surface area contributed by atoms with E-state index in [4.69, 9.17) is 5.11 Å². The van der Waals surface area contributed by atoms with E-state index in [1.54, 1.807) is 0 Å². The quantitative estimate of drug-likeness (QED) is 0.813. The van der Waals surface area contributed by atoms with Crippen LogP contribution in [0.15, 0.2) is 18.2 Å². The average molecular weight is 239 g/mol. The number of aliphatic hydroxyl groups is 1. The van der Waals surface area contributed by atoms with Gasteiger partial charge in [0.25, 0.3) is 5.91 Å². The molecule has 1 heterocycles. The second-order valence-corrected chi connectivity index (χ2v) is 4.14. The van der Waals surface area contributed by atoms with Gasteiger partial charge in [0.2, 0.25) is 0 Å². The Morgan fingerprint density at radius 2 is 2.29 bits per heavy atom. The maximum atomic E-state index is 12.8. The molecule has 17 heavy (non-hydrogen) atoms. The first-order valence-corrected chi connectivity index (χ1v) is 5.54. The molecule has 1 aliphatic heterocycles. The number of aromatic hydroxyl groups is 1. The molecule has 2 rings (SSSR count). The zero-order valence-electron chi connectivity index (χ0n) is 9.27. The van der Waals surface area contributed by atoms with E-state index in [9.17, 15) is 14.3 Å². The van der Waals surface area contributed by atoms with Crippen molar-refractivity contribution in [2.75, 3.05) is 13.2 Å². The number of hydrogen-bond acceptors (Lipinski definition) is 3. The summed E-state index contributed by atoms with van der Waals surface area (Å²) in [6.45, 7) is 0.467. The number of likely N-dealkylation sites (tertiary alicyclic amines) is 1. The maximum Gasteiger partial charge on any atom is 0.257 e. The zero-order chi connectivity index (χ0) is 12.4. The molecular formula is C12H14FNO3. The lowest BCUT2D eigenvalue weighted by Crippen LogP contribution is -2.37. The van der Waals surface area contributed by atoms with Gasteiger partial charge in [0, 0.05) is 12.6 Å². The first kappa shape index (κ1) is 11.9. The fourth-order valence-corrected chi connectivity index (χ4v) is 2.13. The van der Waals surface area contributed by atoms with Crippen LogP contribution >= 0.6 is 0 Å². The van der Waals surface area contributed by atoms with Crippen molar-refractivity contribution in [1.82, 2.24) is 4.90 Å². The Labute approximate surface area is 98.3 Å². The maximum absolute atomic E-state index is 12.8. The molecule has 1 atom stereocenters. The molecule has 0 aliphatic carbocycles. The predicted octanol–water partition coefficient (Wildman–Crippen LogP) is 1.13. The van der Waals surface area contributed by atoms with E-state index < -0.39 is 5.82 Å². The van der Waals surface area contributed by atoms with Gasteiger partial charge in [-0.3, -0.25) is 4.79 Å². The highest BCUT2D eigenvalue weighted by atomic mass is 19.1. The number of carbonyl (C=O) groups excluding carboxylic acids is 1. The van der Waals surface area contributed by atoms with Crippen LogP contribution in [0.1, 0.15) is 23.2 Å². The third-order valence-corrected chi connectivity index (χ3v) is 3.04. The Morgan fingerprint density at radius 1 is 1.53 bits per heavy atom. The van der Waals surface area contributed by atoms with Crippen molar-refractivity contribution < 1.29 is 19.4 Å². The van der Waals surface area contributed by atoms with E-state index in [2.05, 4.69) is 0 Å². The summed E-state index contributed by atoms with van der Waals surface area (Å²) in [5.41, 5.74) is 0.0757. The highest BCUT2D eigenvalue weighted by molar-refractivity contribution is 5.97. The van der Waals surface area contributed by atoms with E-state index in [1.807, 2.05) is 0 Å². The van der Waals surface area contributed by atoms with E-state index >= 15 is 0 Å². The number of benzene rings is 1. The molecule has 0 spiro atoms. The van der Waals surface area contributed by atoms with Crippen molar-refractivity contribution in [3.63, 3.8) is 0 Å². The highest BCUT2D eigenvalue weighted by Gasteiger charge is 2.29. The fourth-order valence-electron chi connectivity index (χ4n) is 2.13. The molecule has 1 saturated heterocycles. The topological polar surface area (TPSA) is 60.8 Å². The first-order chi connectivity index (χ1) is 8.13. The molecule has 1 fully saturated rings. The zero-order valence-corrected chi connectivity index (χ0v) is 9.27. The Hall–Kier alpha value is -1.62. The van der Waals surface area contributed by atoms with E-state index in [1.165, 1.54) is 11.0 Å². The summed E-state index contributed by atoms with van der Waals surface area (Å²) >= 11 is 0. The van der Waals surface area contributed by atoms with Crippen LogP contribution in [0, 0.1) is 5.82 Å². The van der Waals surface area contributed by atoms with Crippen LogP contribution in [0.4, 0.5) is 4.39 Å². The number of nitrogens with zero attached hydrogens (tertiary/aromatic N) is 1. The third-order valence-electron chi connectivity index (χ3n) is 3.04. The van der Waals surface area contributed by atoms with Crippen LogP contribution in [0.25, 0.3) is 0 Å². The second-order valence-electron chi connectivity index (χ2n) is 4.14. The highest BCUT2D eigenvalue weighted by Crippen LogP contribution is 2.24. The van der Waals surface area contributed by atoms with Crippen LogP contribution in [-0.2, 0) is 0 Å². The minimum Gasteiger partial charge on any atom is -0.507 e. The van der Waals surface area contributed by atoms with Crippen LogP contribution in [0.2, 0.25) is 0 Å². The van der Waals surface area contributed by atoms with Crippen molar-refractivity contribution >= 4 is 5.91 Å². The van der Waals surface area contributed by atoms with Gasteiger partial charge in [0.05, 0.1) is 18.2 Å². The van der Waals surface area contributed by atoms with Gasteiger partial charge in [0.1, 0.15) is 11.6 Å². The van der Waals surface area contributed by atoms with Crippen molar-refractivity contribution in [2.24, 2.45) is 0 Å². The lowest BCUT2D eigenvalue weighted by molar-refractivity contribution is 0.0674. The molecule has 0 saturated carbocycles. The number of phenolic OH excluding ortho intramolecular Hbond substituents is 1. The van der Waals surface area contributed by atoms with Crippen LogP contribution in [0.3, 0.4) is 0 Å². The molecule has 1 aliphatic rings. The summed E-state index contributed by atoms with van der Waals surface area (Å²) in [5, 5.41) is 18.7. The van der Waals surface area contributed by atoms with Gasteiger partial charge in [-0.05, 0) is 25.0 Å². The van der Waals surface area contributed by atoms with Crippen molar-refractivity contribution in [1.29, 1.82) is 0 Å². The number of phenols is 1. The summed E-state index contributed by atoms with van der Waals surface area (Å²) in [7, 11) is 0. The molecule has 92 valence electrons. The van der Waals surface area contributed by atoms with Crippen LogP contribution in [0.5, 0.6) is 5.75 Å². The fraction of sp³-hybridized carbons (Fsp3) is 0.417. The first-order valence-electron chi connectivity index (χ1n) is 5.54. The average Bonchev–Trinajstić information content (AvgIpc) is 2.76. The van der Waals surface area contributed by atoms with Crippen molar-refractivity contribution in [3.05, 3.63) is 29.6 Å². The minimum atomic E-state index is -0.584. The molecule has 4 nitrogen and oxygen atoms in total. The van der Waals surface area contributed by atoms with Gasteiger partial charge in [-0.15, -0.1) is 0 Å². The molecule has 5 heteroatoms. The van der Waals surface area contributed by atoms with Gasteiger partial charge in [-0.2, -0.15) is 0 Å². The third kappa shape index (κ3) is 2.24. The second kappa shape index (κ2) is 4.71. The summed E-state index contributed by atoms with van der Waals surface area (Å²) < 4.78 is 12.8. The predicted molar refractivity (Wildman–Crippen MR) is 59.2 cm³/mol. The minimum absolute atomic E-state index is 0.0757. The smallest absolute Gasteiger partial charge is 0.257 e. The number of halogens is 1. The number of amides is 1. The molecule has 0 radical (unpaired) electrons. The Balaban J connectivity index is 2.24. The van der Waals surface area contributed by atoms with Gasteiger partial charge in [-0.1, -0.05) is 0 Å². The Bertz CT molecular complexity index is 436. The van der Waals surface area contributed by atoms with E-state index in [0.717, 1.165) is 25.0 Å². The van der Waals surface area contributed by atoms with Crippen LogP contribution < -0.4 is 0 Å². The summed E-state index contributed by atoms with van der Waals surface area (Å²) in [5.74, 6) is -1.31. The lowest BCUT2D eigenvalue weighted by atomic mass is 10.1. The molecule has 1 amide bonds. The SMILES string of the molecule is O=C(c1ccc(F)cc1O)N1CCCC1CO. The normalized spacial score (nSPS) is 19.6. The van der Waals surface area contributed by atoms with Crippen LogP contribution in [-0.4, -0.2) is 40.2 Å². The summed E-state index contributed by atoms with van der Waals surface area (Å²) in [4.78, 5) is 13.6. The number of rotatable bonds is 2. The monoisotopic (exact) mass is 239 g/mol. The number of carbonyl (C=O) groups is 1. The van der Waals surface area contributed by atoms with Gasteiger partial charge in [-0.25, -0.2) is 4.39 Å². The molecule has 0 bridgehead atoms.